The van der Waals surface area contributed by atoms with Gasteiger partial charge in [-0.25, -0.2) is 0 Å². The van der Waals surface area contributed by atoms with Gasteiger partial charge in [-0.2, -0.15) is 0 Å². The van der Waals surface area contributed by atoms with Crippen LogP contribution in [0.15, 0.2) is 41.8 Å². The van der Waals surface area contributed by atoms with Crippen LogP contribution in [0.3, 0.4) is 0 Å². The Bertz CT molecular complexity index is 727. The second-order valence-electron chi connectivity index (χ2n) is 7.63. The maximum absolute atomic E-state index is 12.8. The monoisotopic (exact) mass is 338 g/mol. The Labute approximate surface area is 146 Å². The van der Waals surface area contributed by atoms with Gasteiger partial charge in [-0.15, -0.1) is 11.3 Å². The van der Waals surface area contributed by atoms with Crippen molar-refractivity contribution in [2.24, 2.45) is 17.8 Å². The van der Waals surface area contributed by atoms with Crippen LogP contribution >= 0.6 is 11.3 Å². The zero-order valence-corrected chi connectivity index (χ0v) is 14.5. The Morgan fingerprint density at radius 1 is 1.08 bits per heavy atom. The minimum atomic E-state index is 0.0980. The molecule has 1 N–H and O–H groups in total. The van der Waals surface area contributed by atoms with E-state index in [4.69, 9.17) is 0 Å². The van der Waals surface area contributed by atoms with E-state index >= 15 is 0 Å². The fourth-order valence-electron chi connectivity index (χ4n) is 5.13. The summed E-state index contributed by atoms with van der Waals surface area (Å²) >= 11 is 1.71. The Morgan fingerprint density at radius 2 is 1.92 bits per heavy atom. The number of benzene rings is 1. The summed E-state index contributed by atoms with van der Waals surface area (Å²) in [4.78, 5) is 16.7. The van der Waals surface area contributed by atoms with Crippen LogP contribution in [-0.4, -0.2) is 36.5 Å². The molecule has 1 aliphatic carbocycles. The number of rotatable bonds is 3. The quantitative estimate of drug-likeness (QED) is 0.929. The lowest BCUT2D eigenvalue weighted by molar-refractivity contribution is -0.0418. The van der Waals surface area contributed by atoms with Gasteiger partial charge in [0.05, 0.1) is 0 Å². The maximum Gasteiger partial charge on any atom is 0.251 e. The van der Waals surface area contributed by atoms with E-state index in [1.165, 1.54) is 37.4 Å². The first-order valence-electron chi connectivity index (χ1n) is 8.93. The average Bonchev–Trinajstić information content (AvgIpc) is 3.12. The molecule has 3 saturated heterocycles. The number of carbonyl (C=O) groups excluding carboxylic acids is 1. The molecule has 4 bridgehead atoms. The molecular weight excluding hydrogens is 316 g/mol. The molecule has 6 rings (SSSR count). The Hall–Kier alpha value is -1.65. The molecule has 3 aliphatic heterocycles. The molecule has 1 amide bonds. The van der Waals surface area contributed by atoms with Crippen LogP contribution in [0.2, 0.25) is 0 Å². The van der Waals surface area contributed by atoms with Gasteiger partial charge in [0.15, 0.2) is 0 Å². The van der Waals surface area contributed by atoms with Crippen LogP contribution in [0.4, 0.5) is 0 Å². The molecule has 3 nitrogen and oxygen atoms in total. The van der Waals surface area contributed by atoms with E-state index < -0.39 is 0 Å². The average molecular weight is 338 g/mol. The normalized spacial score (nSPS) is 33.6. The van der Waals surface area contributed by atoms with Gasteiger partial charge >= 0.3 is 0 Å². The maximum atomic E-state index is 12.8. The number of nitrogens with one attached hydrogen (secondary N) is 1. The molecule has 4 fully saturated rings. The third-order valence-electron chi connectivity index (χ3n) is 6.02. The van der Waals surface area contributed by atoms with Crippen LogP contribution in [0, 0.1) is 17.8 Å². The molecule has 1 saturated carbocycles. The van der Waals surface area contributed by atoms with E-state index in [2.05, 4.69) is 33.8 Å². The molecule has 2 unspecified atom stereocenters. The molecule has 2 aromatic rings. The van der Waals surface area contributed by atoms with Crippen molar-refractivity contribution in [3.63, 3.8) is 0 Å². The number of carbonyl (C=O) groups is 1. The van der Waals surface area contributed by atoms with E-state index in [1.807, 2.05) is 18.2 Å². The van der Waals surface area contributed by atoms with Crippen LogP contribution in [-0.2, 0) is 0 Å². The minimum Gasteiger partial charge on any atom is -0.349 e. The molecule has 4 aliphatic rings. The smallest absolute Gasteiger partial charge is 0.251 e. The first-order chi connectivity index (χ1) is 11.8. The number of piperidine rings is 3. The lowest BCUT2D eigenvalue weighted by Crippen LogP contribution is -2.64. The fraction of sp³-hybridized carbons (Fsp3) is 0.450. The molecule has 1 aromatic carbocycles. The molecule has 1 aromatic heterocycles. The highest BCUT2D eigenvalue weighted by Crippen LogP contribution is 2.43. The predicted molar refractivity (Wildman–Crippen MR) is 97.2 cm³/mol. The molecule has 4 heteroatoms. The highest BCUT2D eigenvalue weighted by molar-refractivity contribution is 7.13. The lowest BCUT2D eigenvalue weighted by atomic mass is 9.65. The molecule has 124 valence electrons. The zero-order valence-electron chi connectivity index (χ0n) is 13.7. The standard InChI is InChI=1S/C20H22N2OS/c23-20(15-4-1-3-14(9-15)18-5-2-6-24-18)21-19-16-7-13-8-17(19)12-22(10-13)11-16/h1-6,9,13,16-17,19H,7-8,10-12H2,(H,21,23). The number of hydrogen-bond donors (Lipinski definition) is 1. The van der Waals surface area contributed by atoms with Gasteiger partial charge in [-0.05, 0) is 59.7 Å². The van der Waals surface area contributed by atoms with Crippen molar-refractivity contribution in [3.05, 3.63) is 47.3 Å². The molecule has 0 spiro atoms. The van der Waals surface area contributed by atoms with Gasteiger partial charge in [0, 0.05) is 36.1 Å². The van der Waals surface area contributed by atoms with Crippen molar-refractivity contribution in [3.8, 4) is 10.4 Å². The van der Waals surface area contributed by atoms with Crippen molar-refractivity contribution in [2.45, 2.75) is 18.9 Å². The Kier molecular flexibility index (Phi) is 3.49. The minimum absolute atomic E-state index is 0.0980. The topological polar surface area (TPSA) is 32.3 Å². The third-order valence-corrected chi connectivity index (χ3v) is 6.94. The lowest BCUT2D eigenvalue weighted by Gasteiger charge is -2.55. The van der Waals surface area contributed by atoms with Crippen molar-refractivity contribution in [1.29, 1.82) is 0 Å². The third kappa shape index (κ3) is 2.49. The second-order valence-corrected chi connectivity index (χ2v) is 8.58. The molecule has 4 heterocycles. The SMILES string of the molecule is O=C(NC1C2CC3CC1CN(C3)C2)c1cccc(-c2cccs2)c1. The first kappa shape index (κ1) is 14.7. The number of amides is 1. The Morgan fingerprint density at radius 3 is 2.62 bits per heavy atom. The van der Waals surface area contributed by atoms with Crippen molar-refractivity contribution < 1.29 is 4.79 Å². The van der Waals surface area contributed by atoms with Crippen molar-refractivity contribution in [1.82, 2.24) is 10.2 Å². The van der Waals surface area contributed by atoms with E-state index in [9.17, 15) is 4.79 Å². The largest absolute Gasteiger partial charge is 0.349 e. The fourth-order valence-corrected chi connectivity index (χ4v) is 5.86. The number of hydrogen-bond acceptors (Lipinski definition) is 3. The summed E-state index contributed by atoms with van der Waals surface area (Å²) in [6, 6.07) is 12.6. The van der Waals surface area contributed by atoms with Crippen molar-refractivity contribution >= 4 is 17.2 Å². The van der Waals surface area contributed by atoms with E-state index in [0.29, 0.717) is 17.9 Å². The van der Waals surface area contributed by atoms with Gasteiger partial charge in [-0.3, -0.25) is 4.79 Å². The van der Waals surface area contributed by atoms with Gasteiger partial charge in [0.1, 0.15) is 0 Å². The highest BCUT2D eigenvalue weighted by Gasteiger charge is 2.47. The van der Waals surface area contributed by atoms with E-state index in [-0.39, 0.29) is 5.91 Å². The number of thiophene rings is 1. The van der Waals surface area contributed by atoms with Gasteiger partial charge in [0.25, 0.3) is 5.91 Å². The first-order valence-corrected chi connectivity index (χ1v) is 9.81. The zero-order chi connectivity index (χ0) is 16.1. The van der Waals surface area contributed by atoms with Crippen LogP contribution in [0.25, 0.3) is 10.4 Å². The number of nitrogens with zero attached hydrogens (tertiary/aromatic N) is 1. The van der Waals surface area contributed by atoms with Gasteiger partial charge < -0.3 is 10.2 Å². The molecule has 2 atom stereocenters. The summed E-state index contributed by atoms with van der Waals surface area (Å²) in [6.45, 7) is 3.64. The van der Waals surface area contributed by atoms with Crippen LogP contribution < -0.4 is 5.32 Å². The van der Waals surface area contributed by atoms with Gasteiger partial charge in [-0.1, -0.05) is 18.2 Å². The highest BCUT2D eigenvalue weighted by atomic mass is 32.1. The van der Waals surface area contributed by atoms with Gasteiger partial charge in [0.2, 0.25) is 0 Å². The van der Waals surface area contributed by atoms with E-state index in [1.54, 1.807) is 11.3 Å². The summed E-state index contributed by atoms with van der Waals surface area (Å²) in [6.07, 6.45) is 2.60. The summed E-state index contributed by atoms with van der Waals surface area (Å²) in [5.74, 6) is 2.28. The predicted octanol–water partition coefficient (Wildman–Crippen LogP) is 3.49. The summed E-state index contributed by atoms with van der Waals surface area (Å²) in [7, 11) is 0. The van der Waals surface area contributed by atoms with Crippen molar-refractivity contribution in [2.75, 3.05) is 19.6 Å². The summed E-state index contributed by atoms with van der Waals surface area (Å²) < 4.78 is 0. The second kappa shape index (κ2) is 5.71. The summed E-state index contributed by atoms with van der Waals surface area (Å²) in [5, 5.41) is 5.46. The van der Waals surface area contributed by atoms with E-state index in [0.717, 1.165) is 17.0 Å². The van der Waals surface area contributed by atoms with Crippen LogP contribution in [0.1, 0.15) is 23.2 Å². The van der Waals surface area contributed by atoms with Crippen LogP contribution in [0.5, 0.6) is 0 Å². The summed E-state index contributed by atoms with van der Waals surface area (Å²) in [5.41, 5.74) is 1.92. The molecule has 0 radical (unpaired) electrons. The Balaban J connectivity index is 1.35. The molecular formula is C20H22N2OS. The molecule has 24 heavy (non-hydrogen) atoms.